The third-order valence-electron chi connectivity index (χ3n) is 2.67. The first-order valence-corrected chi connectivity index (χ1v) is 7.14. The van der Waals surface area contributed by atoms with Crippen molar-refractivity contribution in [3.05, 3.63) is 17.9 Å². The van der Waals surface area contributed by atoms with Crippen LogP contribution in [0.3, 0.4) is 0 Å². The number of carbonyl (C=O) groups excluding carboxylic acids is 1. The highest BCUT2D eigenvalue weighted by Gasteiger charge is 2.25. The van der Waals surface area contributed by atoms with Gasteiger partial charge >= 0.3 is 12.0 Å². The first-order chi connectivity index (χ1) is 8.90. The number of carboxylic acids is 1. The number of nitrogens with zero attached hydrogens (tertiary/aromatic N) is 1. The van der Waals surface area contributed by atoms with Gasteiger partial charge in [0.05, 0.1) is 5.75 Å². The van der Waals surface area contributed by atoms with Crippen molar-refractivity contribution in [2.75, 3.05) is 25.4 Å². The van der Waals surface area contributed by atoms with Gasteiger partial charge in [0.1, 0.15) is 0 Å². The van der Waals surface area contributed by atoms with Gasteiger partial charge in [-0.05, 0) is 12.1 Å². The molecule has 2 heterocycles. The highest BCUT2D eigenvalue weighted by molar-refractivity contribution is 7.91. The van der Waals surface area contributed by atoms with E-state index >= 15 is 0 Å². The minimum Gasteiger partial charge on any atom is -0.475 e. The SMILES string of the molecule is O=C(O)c1ccc(S(=O)(=O)CCN2CCNC2=O)o1. The lowest BCUT2D eigenvalue weighted by molar-refractivity contribution is 0.0656. The monoisotopic (exact) mass is 288 g/mol. The maximum absolute atomic E-state index is 11.9. The van der Waals surface area contributed by atoms with E-state index in [0.717, 1.165) is 12.1 Å². The highest BCUT2D eigenvalue weighted by atomic mass is 32.2. The molecule has 0 aromatic carbocycles. The van der Waals surface area contributed by atoms with Crippen LogP contribution in [0.2, 0.25) is 0 Å². The summed E-state index contributed by atoms with van der Waals surface area (Å²) >= 11 is 0. The Balaban J connectivity index is 2.05. The number of hydrogen-bond donors (Lipinski definition) is 2. The van der Waals surface area contributed by atoms with Gasteiger partial charge in [0.15, 0.2) is 0 Å². The van der Waals surface area contributed by atoms with Gasteiger partial charge in [-0.15, -0.1) is 0 Å². The van der Waals surface area contributed by atoms with E-state index in [4.69, 9.17) is 9.52 Å². The molecule has 9 heteroatoms. The molecule has 8 nitrogen and oxygen atoms in total. The molecule has 0 saturated carbocycles. The van der Waals surface area contributed by atoms with Crippen LogP contribution in [0.15, 0.2) is 21.6 Å². The topological polar surface area (TPSA) is 117 Å². The zero-order valence-electron chi connectivity index (χ0n) is 9.83. The number of aromatic carboxylic acids is 1. The summed E-state index contributed by atoms with van der Waals surface area (Å²) in [5, 5.41) is 10.8. The maximum atomic E-state index is 11.9. The first kappa shape index (κ1) is 13.4. The Kier molecular flexibility index (Phi) is 3.47. The summed E-state index contributed by atoms with van der Waals surface area (Å²) in [6.07, 6.45) is 0. The summed E-state index contributed by atoms with van der Waals surface area (Å²) in [6.45, 7) is 0.979. The Morgan fingerprint density at radius 2 is 2.21 bits per heavy atom. The third kappa shape index (κ3) is 2.87. The van der Waals surface area contributed by atoms with Crippen LogP contribution in [0.1, 0.15) is 10.6 Å². The maximum Gasteiger partial charge on any atom is 0.371 e. The summed E-state index contributed by atoms with van der Waals surface area (Å²) in [7, 11) is -3.74. The van der Waals surface area contributed by atoms with Crippen LogP contribution in [0, 0.1) is 0 Å². The molecule has 19 heavy (non-hydrogen) atoms. The van der Waals surface area contributed by atoms with E-state index < -0.39 is 26.7 Å². The smallest absolute Gasteiger partial charge is 0.371 e. The van der Waals surface area contributed by atoms with E-state index in [-0.39, 0.29) is 18.3 Å². The van der Waals surface area contributed by atoms with Crippen molar-refractivity contribution in [2.24, 2.45) is 0 Å². The minimum atomic E-state index is -3.74. The first-order valence-electron chi connectivity index (χ1n) is 5.49. The van der Waals surface area contributed by atoms with E-state index in [1.54, 1.807) is 0 Å². The Bertz CT molecular complexity index is 605. The molecular weight excluding hydrogens is 276 g/mol. The van der Waals surface area contributed by atoms with Crippen molar-refractivity contribution in [3.63, 3.8) is 0 Å². The highest BCUT2D eigenvalue weighted by Crippen LogP contribution is 2.16. The molecule has 2 N–H and O–H groups in total. The van der Waals surface area contributed by atoms with Gasteiger partial charge in [0.2, 0.25) is 20.7 Å². The molecule has 1 aliphatic rings. The second-order valence-corrected chi connectivity index (χ2v) is 6.00. The summed E-state index contributed by atoms with van der Waals surface area (Å²) in [4.78, 5) is 23.2. The van der Waals surface area contributed by atoms with Gasteiger partial charge in [-0.25, -0.2) is 18.0 Å². The second kappa shape index (κ2) is 4.92. The average molecular weight is 288 g/mol. The molecule has 0 aliphatic carbocycles. The number of urea groups is 1. The summed E-state index contributed by atoms with van der Waals surface area (Å²) < 4.78 is 28.5. The van der Waals surface area contributed by atoms with Crippen molar-refractivity contribution in [1.29, 1.82) is 0 Å². The lowest BCUT2D eigenvalue weighted by Gasteiger charge is -2.12. The Labute approximate surface area is 108 Å². The van der Waals surface area contributed by atoms with Gasteiger partial charge < -0.3 is 19.7 Å². The minimum absolute atomic E-state index is 0.0390. The van der Waals surface area contributed by atoms with E-state index in [1.807, 2.05) is 0 Å². The molecule has 1 saturated heterocycles. The molecular formula is C10H12N2O6S. The van der Waals surface area contributed by atoms with Crippen LogP contribution in [-0.4, -0.2) is 55.8 Å². The van der Waals surface area contributed by atoms with Crippen LogP contribution in [0.4, 0.5) is 4.79 Å². The molecule has 1 aromatic heterocycles. The third-order valence-corrected chi connectivity index (χ3v) is 4.23. The van der Waals surface area contributed by atoms with Gasteiger partial charge in [-0.1, -0.05) is 0 Å². The van der Waals surface area contributed by atoms with Gasteiger partial charge in [0, 0.05) is 19.6 Å². The van der Waals surface area contributed by atoms with Crippen molar-refractivity contribution in [1.82, 2.24) is 10.2 Å². The zero-order valence-corrected chi connectivity index (χ0v) is 10.6. The summed E-state index contributed by atoms with van der Waals surface area (Å²) in [5.74, 6) is -2.08. The van der Waals surface area contributed by atoms with E-state index in [1.165, 1.54) is 4.90 Å². The molecule has 0 spiro atoms. The lowest BCUT2D eigenvalue weighted by Crippen LogP contribution is -2.32. The molecule has 0 unspecified atom stereocenters. The fourth-order valence-electron chi connectivity index (χ4n) is 1.66. The zero-order chi connectivity index (χ0) is 14.0. The molecule has 0 atom stereocenters. The molecule has 2 rings (SSSR count). The molecule has 2 amide bonds. The number of carboxylic acid groups (broad SMARTS) is 1. The number of amides is 2. The number of carbonyl (C=O) groups is 2. The van der Waals surface area contributed by atoms with Crippen LogP contribution >= 0.6 is 0 Å². The van der Waals surface area contributed by atoms with Crippen molar-refractivity contribution in [3.8, 4) is 0 Å². The molecule has 1 aromatic rings. The average Bonchev–Trinajstić information content (AvgIpc) is 2.95. The van der Waals surface area contributed by atoms with E-state index in [0.29, 0.717) is 13.1 Å². The standard InChI is InChI=1S/C10H12N2O6S/c13-9(14)7-1-2-8(18-7)19(16,17)6-5-12-4-3-11-10(12)15/h1-2H,3-6H2,(H,11,15)(H,13,14). The predicted octanol–water partition coefficient (Wildman–Crippen LogP) is -0.223. The largest absolute Gasteiger partial charge is 0.475 e. The number of rotatable bonds is 5. The number of sulfone groups is 1. The Morgan fingerprint density at radius 3 is 2.74 bits per heavy atom. The van der Waals surface area contributed by atoms with Crippen molar-refractivity contribution >= 4 is 21.8 Å². The molecule has 1 fully saturated rings. The number of hydrogen-bond acceptors (Lipinski definition) is 5. The fraction of sp³-hybridized carbons (Fsp3) is 0.400. The van der Waals surface area contributed by atoms with E-state index in [9.17, 15) is 18.0 Å². The molecule has 0 radical (unpaired) electrons. The van der Waals surface area contributed by atoms with Crippen LogP contribution in [0.5, 0.6) is 0 Å². The number of furan rings is 1. The number of nitrogens with one attached hydrogen (secondary N) is 1. The van der Waals surface area contributed by atoms with Crippen LogP contribution in [0.25, 0.3) is 0 Å². The van der Waals surface area contributed by atoms with Crippen LogP contribution in [-0.2, 0) is 9.84 Å². The molecule has 1 aliphatic heterocycles. The Hall–Kier alpha value is -2.03. The quantitative estimate of drug-likeness (QED) is 0.773. The van der Waals surface area contributed by atoms with E-state index in [2.05, 4.69) is 5.32 Å². The van der Waals surface area contributed by atoms with Gasteiger partial charge in [-0.3, -0.25) is 0 Å². The predicted molar refractivity (Wildman–Crippen MR) is 62.7 cm³/mol. The van der Waals surface area contributed by atoms with Crippen LogP contribution < -0.4 is 5.32 Å². The van der Waals surface area contributed by atoms with Crippen molar-refractivity contribution < 1.29 is 27.5 Å². The second-order valence-electron chi connectivity index (χ2n) is 3.96. The molecule has 0 bridgehead atoms. The molecule has 104 valence electrons. The lowest BCUT2D eigenvalue weighted by atomic mass is 10.5. The fourth-order valence-corrected chi connectivity index (χ4v) is 2.81. The summed E-state index contributed by atoms with van der Waals surface area (Å²) in [5.41, 5.74) is 0. The van der Waals surface area contributed by atoms with Gasteiger partial charge in [-0.2, -0.15) is 0 Å². The Morgan fingerprint density at radius 1 is 1.47 bits per heavy atom. The summed E-state index contributed by atoms with van der Waals surface area (Å²) in [6, 6.07) is 1.88. The normalized spacial score (nSPS) is 15.6. The van der Waals surface area contributed by atoms with Gasteiger partial charge in [0.25, 0.3) is 0 Å². The van der Waals surface area contributed by atoms with Crippen molar-refractivity contribution in [2.45, 2.75) is 5.09 Å².